The number of benzene rings is 1. The topological polar surface area (TPSA) is 95.7 Å². The first-order valence-corrected chi connectivity index (χ1v) is 9.91. The van der Waals surface area contributed by atoms with E-state index in [-0.39, 0.29) is 6.61 Å². The number of hydrogen-bond donors (Lipinski definition) is 2. The van der Waals surface area contributed by atoms with Crippen LogP contribution in [0.3, 0.4) is 0 Å². The van der Waals surface area contributed by atoms with Crippen LogP contribution < -0.4 is 9.46 Å². The van der Waals surface area contributed by atoms with Gasteiger partial charge in [0.25, 0.3) is 0 Å². The van der Waals surface area contributed by atoms with Crippen molar-refractivity contribution in [2.24, 2.45) is 0 Å². The highest BCUT2D eigenvalue weighted by Crippen LogP contribution is 2.43. The Morgan fingerprint density at radius 3 is 2.96 bits per heavy atom. The smallest absolute Gasteiger partial charge is 0.174 e. The van der Waals surface area contributed by atoms with E-state index in [4.69, 9.17) is 33.2 Å². The number of aromatic nitrogens is 3. The fourth-order valence-corrected chi connectivity index (χ4v) is 3.56. The van der Waals surface area contributed by atoms with E-state index in [9.17, 15) is 4.21 Å². The van der Waals surface area contributed by atoms with Crippen molar-refractivity contribution in [3.8, 4) is 22.9 Å². The Balaban J connectivity index is 2.19. The molecule has 1 unspecified atom stereocenters. The summed E-state index contributed by atoms with van der Waals surface area (Å²) in [6, 6.07) is 3.56. The predicted molar refractivity (Wildman–Crippen MR) is 103 cm³/mol. The van der Waals surface area contributed by atoms with E-state index < -0.39 is 11.0 Å². The lowest BCUT2D eigenvalue weighted by atomic mass is 10.1. The molecule has 0 fully saturated rings. The molecule has 7 nitrogen and oxygen atoms in total. The quantitative estimate of drug-likeness (QED) is 0.623. The Hall–Kier alpha value is -2.05. The molecule has 0 radical (unpaired) electrons. The minimum atomic E-state index is -1.11. The van der Waals surface area contributed by atoms with Crippen molar-refractivity contribution < 1.29 is 8.95 Å². The monoisotopic (exact) mass is 411 g/mol. The molecule has 0 spiro atoms. The summed E-state index contributed by atoms with van der Waals surface area (Å²) in [4.78, 5) is 0. The Morgan fingerprint density at radius 1 is 1.50 bits per heavy atom. The maximum absolute atomic E-state index is 11.3. The molecule has 0 aliphatic heterocycles. The van der Waals surface area contributed by atoms with Crippen molar-refractivity contribution in [3.63, 3.8) is 0 Å². The number of rotatable bonds is 7. The standard InChI is InChI=1S/C16H15Cl2N5O2S/c1-26(24)22-3-4-23-9-11(10-7-20-21-8-10)14-13(25-5-2-19)6-12(17)15(18)16(14)23/h6-9,22H,3-5H2,1H3,(H,20,21). The Morgan fingerprint density at radius 2 is 2.31 bits per heavy atom. The maximum atomic E-state index is 11.3. The summed E-state index contributed by atoms with van der Waals surface area (Å²) >= 11 is 12.7. The van der Waals surface area contributed by atoms with Gasteiger partial charge >= 0.3 is 0 Å². The molecule has 2 N–H and O–H groups in total. The molecule has 0 bridgehead atoms. The van der Waals surface area contributed by atoms with Crippen LogP contribution in [0.25, 0.3) is 22.0 Å². The van der Waals surface area contributed by atoms with Crippen LogP contribution in [-0.4, -0.2) is 38.4 Å². The molecule has 0 saturated carbocycles. The second-order valence-corrected chi connectivity index (χ2v) is 7.39. The number of nitrogens with zero attached hydrogens (tertiary/aromatic N) is 3. The first-order valence-electron chi connectivity index (χ1n) is 7.59. The van der Waals surface area contributed by atoms with E-state index in [1.54, 1.807) is 24.7 Å². The lowest BCUT2D eigenvalue weighted by Gasteiger charge is -2.11. The van der Waals surface area contributed by atoms with Crippen molar-refractivity contribution in [3.05, 3.63) is 34.7 Å². The van der Waals surface area contributed by atoms with Crippen molar-refractivity contribution in [1.82, 2.24) is 19.5 Å². The lowest BCUT2D eigenvalue weighted by Crippen LogP contribution is -2.20. The van der Waals surface area contributed by atoms with Gasteiger partial charge in [-0.3, -0.25) is 5.10 Å². The second-order valence-electron chi connectivity index (χ2n) is 5.41. The van der Waals surface area contributed by atoms with E-state index in [2.05, 4.69) is 14.9 Å². The second kappa shape index (κ2) is 8.10. The minimum Gasteiger partial charge on any atom is -0.478 e. The minimum absolute atomic E-state index is 0.112. The fraction of sp³-hybridized carbons (Fsp3) is 0.250. The summed E-state index contributed by atoms with van der Waals surface area (Å²) in [7, 11) is -1.11. The van der Waals surface area contributed by atoms with Gasteiger partial charge in [-0.05, 0) is 0 Å². The number of H-pyrrole nitrogens is 1. The summed E-state index contributed by atoms with van der Waals surface area (Å²) < 4.78 is 21.6. The van der Waals surface area contributed by atoms with Gasteiger partial charge in [0.05, 0.1) is 38.1 Å². The van der Waals surface area contributed by atoms with Gasteiger partial charge in [0.15, 0.2) is 6.61 Å². The Bertz CT molecular complexity index is 995. The summed E-state index contributed by atoms with van der Waals surface area (Å²) in [6.45, 7) is 0.889. The number of ether oxygens (including phenoxy) is 1. The largest absolute Gasteiger partial charge is 0.478 e. The van der Waals surface area contributed by atoms with Gasteiger partial charge in [0.1, 0.15) is 11.8 Å². The molecule has 1 aromatic carbocycles. The average Bonchev–Trinajstić information content (AvgIpc) is 3.24. The number of fused-ring (bicyclic) bond motifs is 1. The highest BCUT2D eigenvalue weighted by atomic mass is 35.5. The third-order valence-corrected chi connectivity index (χ3v) is 5.15. The molecule has 0 aliphatic rings. The Kier molecular flexibility index (Phi) is 5.84. The van der Waals surface area contributed by atoms with Gasteiger partial charge < -0.3 is 9.30 Å². The van der Waals surface area contributed by atoms with E-state index in [1.165, 1.54) is 0 Å². The molecule has 2 heterocycles. The third kappa shape index (κ3) is 3.71. The average molecular weight is 412 g/mol. The van der Waals surface area contributed by atoms with Gasteiger partial charge in [-0.2, -0.15) is 10.4 Å². The maximum Gasteiger partial charge on any atom is 0.174 e. The summed E-state index contributed by atoms with van der Waals surface area (Å²) in [6.07, 6.45) is 6.93. The first kappa shape index (κ1) is 18.7. The number of nitrogens with one attached hydrogen (secondary N) is 2. The van der Waals surface area contributed by atoms with Crippen LogP contribution >= 0.6 is 23.2 Å². The summed E-state index contributed by atoms with van der Waals surface area (Å²) in [5, 5.41) is 17.1. The zero-order valence-electron chi connectivity index (χ0n) is 13.8. The SMILES string of the molecule is CS(=O)NCCn1cc(-c2cn[nH]c2)c2c(OCC#N)cc(Cl)c(Cl)c21. The van der Waals surface area contributed by atoms with Crippen LogP contribution in [0.5, 0.6) is 5.75 Å². The molecular weight excluding hydrogens is 397 g/mol. The highest BCUT2D eigenvalue weighted by molar-refractivity contribution is 7.82. The van der Waals surface area contributed by atoms with Crippen LogP contribution in [0.1, 0.15) is 0 Å². The van der Waals surface area contributed by atoms with Gasteiger partial charge in [-0.1, -0.05) is 23.2 Å². The third-order valence-electron chi connectivity index (χ3n) is 3.76. The molecule has 2 aromatic heterocycles. The number of nitriles is 1. The number of aromatic amines is 1. The van der Waals surface area contributed by atoms with Gasteiger partial charge in [-0.25, -0.2) is 8.93 Å². The molecule has 1 atom stereocenters. The van der Waals surface area contributed by atoms with Crippen molar-refractivity contribution in [2.75, 3.05) is 19.4 Å². The highest BCUT2D eigenvalue weighted by Gasteiger charge is 2.20. The van der Waals surface area contributed by atoms with Gasteiger partial charge in [0.2, 0.25) is 0 Å². The van der Waals surface area contributed by atoms with E-state index in [0.29, 0.717) is 34.4 Å². The molecule has 3 rings (SSSR count). The first-order chi connectivity index (χ1) is 12.5. The van der Waals surface area contributed by atoms with E-state index >= 15 is 0 Å². The zero-order valence-corrected chi connectivity index (χ0v) is 16.1. The molecule has 0 amide bonds. The summed E-state index contributed by atoms with van der Waals surface area (Å²) in [5.74, 6) is 0.470. The molecule has 0 aliphatic carbocycles. The molecule has 136 valence electrons. The number of hydrogen-bond acceptors (Lipinski definition) is 4. The summed E-state index contributed by atoms with van der Waals surface area (Å²) in [5.41, 5.74) is 2.38. The predicted octanol–water partition coefficient (Wildman–Crippen LogP) is 3.12. The van der Waals surface area contributed by atoms with Crippen LogP contribution in [-0.2, 0) is 17.5 Å². The van der Waals surface area contributed by atoms with E-state index in [0.717, 1.165) is 16.5 Å². The molecule has 0 saturated heterocycles. The molecule has 10 heteroatoms. The zero-order chi connectivity index (χ0) is 18.7. The van der Waals surface area contributed by atoms with Crippen LogP contribution in [0, 0.1) is 11.3 Å². The van der Waals surface area contributed by atoms with Crippen LogP contribution in [0.4, 0.5) is 0 Å². The van der Waals surface area contributed by atoms with E-state index in [1.807, 2.05) is 16.8 Å². The fourth-order valence-electron chi connectivity index (χ4n) is 2.73. The molecule has 3 aromatic rings. The molecule has 26 heavy (non-hydrogen) atoms. The lowest BCUT2D eigenvalue weighted by molar-refractivity contribution is 0.372. The van der Waals surface area contributed by atoms with Crippen molar-refractivity contribution in [1.29, 1.82) is 5.26 Å². The normalized spacial score (nSPS) is 12.2. The van der Waals surface area contributed by atoms with Crippen LogP contribution in [0.2, 0.25) is 10.0 Å². The molecular formula is C16H15Cl2N5O2S. The van der Waals surface area contributed by atoms with Crippen LogP contribution in [0.15, 0.2) is 24.7 Å². The van der Waals surface area contributed by atoms with Crippen molar-refractivity contribution >= 4 is 45.1 Å². The van der Waals surface area contributed by atoms with Gasteiger partial charge in [-0.15, -0.1) is 0 Å². The number of halogens is 2. The van der Waals surface area contributed by atoms with Crippen molar-refractivity contribution in [2.45, 2.75) is 6.54 Å². The van der Waals surface area contributed by atoms with Gasteiger partial charge in [0, 0.05) is 48.9 Å². The Labute approximate surface area is 162 Å².